The fourth-order valence-corrected chi connectivity index (χ4v) is 4.29. The zero-order chi connectivity index (χ0) is 18.5. The van der Waals surface area contributed by atoms with Gasteiger partial charge in [-0.25, -0.2) is 4.79 Å². The zero-order valence-corrected chi connectivity index (χ0v) is 17.0. The van der Waals surface area contributed by atoms with Gasteiger partial charge in [0, 0.05) is 35.2 Å². The lowest BCUT2D eigenvalue weighted by Gasteiger charge is -2.35. The normalized spacial score (nSPS) is 19.2. The summed E-state index contributed by atoms with van der Waals surface area (Å²) in [6.45, 7) is 3.46. The number of amides is 3. The van der Waals surface area contributed by atoms with Crippen LogP contribution in [0.2, 0.25) is 0 Å². The molecule has 0 aromatic heterocycles. The highest BCUT2D eigenvalue weighted by molar-refractivity contribution is 9.10. The van der Waals surface area contributed by atoms with Gasteiger partial charge in [0.25, 0.3) is 0 Å². The Bertz CT molecular complexity index is 650. The fraction of sp³-hybridized carbons (Fsp3) is 0.600. The third-order valence-electron chi connectivity index (χ3n) is 5.54. The van der Waals surface area contributed by atoms with E-state index in [1.165, 1.54) is 19.3 Å². The van der Waals surface area contributed by atoms with Gasteiger partial charge in [-0.3, -0.25) is 4.79 Å². The van der Waals surface area contributed by atoms with E-state index in [1.807, 2.05) is 30.0 Å². The van der Waals surface area contributed by atoms with Crippen molar-refractivity contribution in [1.29, 1.82) is 0 Å². The summed E-state index contributed by atoms with van der Waals surface area (Å²) < 4.78 is 0.938. The van der Waals surface area contributed by atoms with Gasteiger partial charge < -0.3 is 15.5 Å². The summed E-state index contributed by atoms with van der Waals surface area (Å²) in [5, 5.41) is 5.97. The van der Waals surface area contributed by atoms with Crippen LogP contribution in [0.5, 0.6) is 0 Å². The highest BCUT2D eigenvalue weighted by Gasteiger charge is 2.29. The molecule has 1 aromatic rings. The number of halogens is 1. The van der Waals surface area contributed by atoms with E-state index in [0.717, 1.165) is 54.5 Å². The van der Waals surface area contributed by atoms with Gasteiger partial charge in [-0.05, 0) is 50.3 Å². The number of aryl methyl sites for hydroxylation is 1. The van der Waals surface area contributed by atoms with Crippen LogP contribution in [0.1, 0.15) is 50.5 Å². The molecule has 0 bridgehead atoms. The number of piperidine rings is 1. The SMILES string of the molecule is Cc1ccc(Br)cc1NC(=O)NC1CCN(C(=O)C2CCCCC2)CC1. The van der Waals surface area contributed by atoms with Gasteiger partial charge in [0.05, 0.1) is 0 Å². The standard InChI is InChI=1S/C20H28BrN3O2/c1-14-7-8-16(21)13-18(14)23-20(26)22-17-9-11-24(12-10-17)19(25)15-5-3-2-4-6-15/h7-8,13,15,17H,2-6,9-12H2,1H3,(H2,22,23,26). The highest BCUT2D eigenvalue weighted by Crippen LogP contribution is 2.26. The summed E-state index contributed by atoms with van der Waals surface area (Å²) in [6.07, 6.45) is 7.37. The van der Waals surface area contributed by atoms with Crippen LogP contribution in [-0.2, 0) is 4.79 Å². The molecule has 1 aliphatic heterocycles. The van der Waals surface area contributed by atoms with Crippen molar-refractivity contribution < 1.29 is 9.59 Å². The molecule has 1 saturated heterocycles. The molecule has 2 aliphatic rings. The van der Waals surface area contributed by atoms with Crippen LogP contribution in [0.25, 0.3) is 0 Å². The summed E-state index contributed by atoms with van der Waals surface area (Å²) in [6, 6.07) is 5.77. The second-order valence-electron chi connectivity index (χ2n) is 7.49. The number of carbonyl (C=O) groups excluding carboxylic acids is 2. The second kappa shape index (κ2) is 8.89. The summed E-state index contributed by atoms with van der Waals surface area (Å²) in [4.78, 5) is 26.9. The molecule has 1 saturated carbocycles. The van der Waals surface area contributed by atoms with Gasteiger partial charge in [-0.2, -0.15) is 0 Å². The Kier molecular flexibility index (Phi) is 6.57. The Morgan fingerprint density at radius 3 is 2.46 bits per heavy atom. The summed E-state index contributed by atoms with van der Waals surface area (Å²) in [7, 11) is 0. The van der Waals surface area contributed by atoms with E-state index in [-0.39, 0.29) is 18.0 Å². The Labute approximate surface area is 164 Å². The maximum Gasteiger partial charge on any atom is 0.319 e. The van der Waals surface area contributed by atoms with Gasteiger partial charge in [0.1, 0.15) is 0 Å². The molecular weight excluding hydrogens is 394 g/mol. The van der Waals surface area contributed by atoms with E-state index < -0.39 is 0 Å². The summed E-state index contributed by atoms with van der Waals surface area (Å²) in [5.74, 6) is 0.563. The van der Waals surface area contributed by atoms with Gasteiger partial charge >= 0.3 is 6.03 Å². The number of rotatable bonds is 3. The van der Waals surface area contributed by atoms with Crippen molar-refractivity contribution in [3.63, 3.8) is 0 Å². The third-order valence-corrected chi connectivity index (χ3v) is 6.04. The average molecular weight is 422 g/mol. The topological polar surface area (TPSA) is 61.4 Å². The number of urea groups is 1. The predicted octanol–water partition coefficient (Wildman–Crippen LogP) is 4.45. The molecule has 26 heavy (non-hydrogen) atoms. The van der Waals surface area contributed by atoms with Crippen molar-refractivity contribution >= 4 is 33.6 Å². The van der Waals surface area contributed by atoms with Gasteiger partial charge in [0.15, 0.2) is 0 Å². The van der Waals surface area contributed by atoms with Gasteiger partial charge in [-0.1, -0.05) is 41.3 Å². The Morgan fingerprint density at radius 2 is 1.77 bits per heavy atom. The van der Waals surface area contributed by atoms with Crippen LogP contribution in [0, 0.1) is 12.8 Å². The molecule has 2 fully saturated rings. The Morgan fingerprint density at radius 1 is 1.08 bits per heavy atom. The van der Waals surface area contributed by atoms with E-state index in [2.05, 4.69) is 26.6 Å². The number of anilines is 1. The van der Waals surface area contributed by atoms with E-state index in [9.17, 15) is 9.59 Å². The number of hydrogen-bond donors (Lipinski definition) is 2. The molecule has 5 nitrogen and oxygen atoms in total. The van der Waals surface area contributed by atoms with Crippen LogP contribution < -0.4 is 10.6 Å². The molecule has 0 unspecified atom stereocenters. The lowest BCUT2D eigenvalue weighted by atomic mass is 9.87. The minimum absolute atomic E-state index is 0.123. The van der Waals surface area contributed by atoms with Crippen LogP contribution in [0.4, 0.5) is 10.5 Å². The molecule has 1 aliphatic carbocycles. The van der Waals surface area contributed by atoms with Crippen molar-refractivity contribution in [2.24, 2.45) is 5.92 Å². The van der Waals surface area contributed by atoms with Gasteiger partial charge in [-0.15, -0.1) is 0 Å². The molecule has 0 radical (unpaired) electrons. The molecule has 2 N–H and O–H groups in total. The lowest BCUT2D eigenvalue weighted by molar-refractivity contribution is -0.137. The molecule has 6 heteroatoms. The van der Waals surface area contributed by atoms with Crippen LogP contribution in [0.3, 0.4) is 0 Å². The van der Waals surface area contributed by atoms with Gasteiger partial charge in [0.2, 0.25) is 5.91 Å². The van der Waals surface area contributed by atoms with Crippen LogP contribution >= 0.6 is 15.9 Å². The quantitative estimate of drug-likeness (QED) is 0.756. The number of carbonyl (C=O) groups is 2. The number of benzene rings is 1. The minimum Gasteiger partial charge on any atom is -0.342 e. The highest BCUT2D eigenvalue weighted by atomic mass is 79.9. The number of nitrogens with one attached hydrogen (secondary N) is 2. The average Bonchev–Trinajstić information content (AvgIpc) is 2.65. The third kappa shape index (κ3) is 5.00. The van der Waals surface area contributed by atoms with E-state index >= 15 is 0 Å². The van der Waals surface area contributed by atoms with Crippen molar-refractivity contribution in [2.75, 3.05) is 18.4 Å². The number of nitrogens with zero attached hydrogens (tertiary/aromatic N) is 1. The molecule has 142 valence electrons. The first-order chi connectivity index (χ1) is 12.5. The molecular formula is C20H28BrN3O2. The monoisotopic (exact) mass is 421 g/mol. The van der Waals surface area contributed by atoms with E-state index in [0.29, 0.717) is 5.91 Å². The number of hydrogen-bond acceptors (Lipinski definition) is 2. The first kappa shape index (κ1) is 19.2. The van der Waals surface area contributed by atoms with E-state index in [4.69, 9.17) is 0 Å². The molecule has 1 aromatic carbocycles. The first-order valence-electron chi connectivity index (χ1n) is 9.65. The Hall–Kier alpha value is -1.56. The summed E-state index contributed by atoms with van der Waals surface area (Å²) >= 11 is 3.43. The van der Waals surface area contributed by atoms with Crippen molar-refractivity contribution in [3.8, 4) is 0 Å². The minimum atomic E-state index is -0.178. The smallest absolute Gasteiger partial charge is 0.319 e. The first-order valence-corrected chi connectivity index (χ1v) is 10.4. The van der Waals surface area contributed by atoms with Crippen molar-refractivity contribution in [3.05, 3.63) is 28.2 Å². The molecule has 3 rings (SSSR count). The summed E-state index contributed by atoms with van der Waals surface area (Å²) in [5.41, 5.74) is 1.83. The molecule has 3 amide bonds. The van der Waals surface area contributed by atoms with Crippen molar-refractivity contribution in [1.82, 2.24) is 10.2 Å². The maximum absolute atomic E-state index is 12.6. The zero-order valence-electron chi connectivity index (χ0n) is 15.4. The van der Waals surface area contributed by atoms with Crippen LogP contribution in [-0.4, -0.2) is 36.0 Å². The fourth-order valence-electron chi connectivity index (χ4n) is 3.92. The molecule has 1 heterocycles. The number of likely N-dealkylation sites (tertiary alicyclic amines) is 1. The van der Waals surface area contributed by atoms with E-state index in [1.54, 1.807) is 0 Å². The lowest BCUT2D eigenvalue weighted by Crippen LogP contribution is -2.49. The predicted molar refractivity (Wildman–Crippen MR) is 107 cm³/mol. The largest absolute Gasteiger partial charge is 0.342 e. The van der Waals surface area contributed by atoms with Crippen LogP contribution in [0.15, 0.2) is 22.7 Å². The molecule has 0 spiro atoms. The Balaban J connectivity index is 1.45. The van der Waals surface area contributed by atoms with Crippen molar-refractivity contribution in [2.45, 2.75) is 57.9 Å². The molecule has 0 atom stereocenters. The second-order valence-corrected chi connectivity index (χ2v) is 8.41. The maximum atomic E-state index is 12.6.